The normalized spacial score (nSPS) is 17.0. The molecule has 0 fully saturated rings. The molecular weight excluding hydrogens is 294 g/mol. The molecule has 22 heavy (non-hydrogen) atoms. The van der Waals surface area contributed by atoms with Gasteiger partial charge in [-0.2, -0.15) is 0 Å². The third-order valence-corrected chi connectivity index (χ3v) is 4.34. The van der Waals surface area contributed by atoms with Crippen LogP contribution >= 0.6 is 11.8 Å². The summed E-state index contributed by atoms with van der Waals surface area (Å²) < 4.78 is 6.04. The fourth-order valence-corrected chi connectivity index (χ4v) is 3.02. The van der Waals surface area contributed by atoms with Gasteiger partial charge in [0, 0.05) is 11.1 Å². The van der Waals surface area contributed by atoms with Crippen molar-refractivity contribution < 1.29 is 9.53 Å². The van der Waals surface area contributed by atoms with Crippen LogP contribution in [0, 0.1) is 0 Å². The molecule has 2 aromatic carbocycles. The molecule has 1 aliphatic heterocycles. The molecule has 0 saturated carbocycles. The first-order valence-electron chi connectivity index (χ1n) is 7.13. The first kappa shape index (κ1) is 14.7. The lowest BCUT2D eigenvalue weighted by Gasteiger charge is -2.11. The Labute approximate surface area is 134 Å². The van der Waals surface area contributed by atoms with Crippen LogP contribution in [0.3, 0.4) is 0 Å². The third kappa shape index (κ3) is 3.34. The molecule has 0 aliphatic carbocycles. The Balaban J connectivity index is 1.90. The number of benzene rings is 2. The molecule has 0 aromatic heterocycles. The topological polar surface area (TPSA) is 38.3 Å². The van der Waals surface area contributed by atoms with Gasteiger partial charge in [-0.15, -0.1) is 0 Å². The van der Waals surface area contributed by atoms with E-state index >= 15 is 0 Å². The van der Waals surface area contributed by atoms with Gasteiger partial charge in [0.2, 0.25) is 5.56 Å². The van der Waals surface area contributed by atoms with E-state index in [0.29, 0.717) is 5.75 Å². The zero-order valence-corrected chi connectivity index (χ0v) is 13.1. The van der Waals surface area contributed by atoms with Gasteiger partial charge in [0.15, 0.2) is 5.76 Å². The molecule has 0 radical (unpaired) electrons. The molecule has 0 spiro atoms. The molecule has 4 heteroatoms. The van der Waals surface area contributed by atoms with Crippen LogP contribution in [0.25, 0.3) is 11.5 Å². The third-order valence-electron chi connectivity index (χ3n) is 3.25. The van der Waals surface area contributed by atoms with Crippen LogP contribution in [0.1, 0.15) is 18.1 Å². The number of hydrogen-bond acceptors (Lipinski definition) is 4. The van der Waals surface area contributed by atoms with E-state index in [4.69, 9.17) is 4.74 Å². The second-order valence-electron chi connectivity index (χ2n) is 5.04. The fourth-order valence-electron chi connectivity index (χ4n) is 2.27. The summed E-state index contributed by atoms with van der Waals surface area (Å²) in [5.41, 5.74) is 2.83. The quantitative estimate of drug-likeness (QED) is 0.913. The Bertz CT molecular complexity index is 631. The molecule has 1 unspecified atom stereocenters. The van der Waals surface area contributed by atoms with Gasteiger partial charge in [-0.25, -0.2) is 0 Å². The number of ketones is 1. The summed E-state index contributed by atoms with van der Waals surface area (Å²) >= 11 is 1.46. The number of carbonyl (C=O) groups is 1. The van der Waals surface area contributed by atoms with Crippen LogP contribution in [0.4, 0.5) is 0 Å². The van der Waals surface area contributed by atoms with Crippen molar-refractivity contribution in [2.45, 2.75) is 12.5 Å². The van der Waals surface area contributed by atoms with Gasteiger partial charge in [-0.3, -0.25) is 4.79 Å². The van der Waals surface area contributed by atoms with Crippen LogP contribution in [0.2, 0.25) is 0 Å². The molecule has 1 aliphatic rings. The molecule has 3 rings (SSSR count). The van der Waals surface area contributed by atoms with Crippen LogP contribution in [0.15, 0.2) is 60.7 Å². The summed E-state index contributed by atoms with van der Waals surface area (Å²) in [5, 5.41) is 3.38. The number of nitrogens with one attached hydrogen (secondary N) is 1. The molecule has 2 aromatic rings. The van der Waals surface area contributed by atoms with Crippen molar-refractivity contribution in [3.8, 4) is 0 Å². The maximum absolute atomic E-state index is 11.2. The minimum Gasteiger partial charge on any atom is -0.459 e. The van der Waals surface area contributed by atoms with Crippen LogP contribution in [0.5, 0.6) is 0 Å². The van der Waals surface area contributed by atoms with E-state index in [1.165, 1.54) is 11.8 Å². The molecule has 1 atom stereocenters. The summed E-state index contributed by atoms with van der Waals surface area (Å²) in [6.07, 6.45) is 0. The maximum atomic E-state index is 11.2. The van der Waals surface area contributed by atoms with Crippen molar-refractivity contribution in [3.63, 3.8) is 0 Å². The highest BCUT2D eigenvalue weighted by Gasteiger charge is 2.27. The molecule has 0 amide bonds. The van der Waals surface area contributed by atoms with Crippen molar-refractivity contribution in [1.82, 2.24) is 5.32 Å². The number of hydrogen-bond donors (Lipinski definition) is 1. The summed E-state index contributed by atoms with van der Waals surface area (Å²) in [6, 6.07) is 20.1. The van der Waals surface area contributed by atoms with Crippen LogP contribution < -0.4 is 5.32 Å². The van der Waals surface area contributed by atoms with E-state index < -0.39 is 0 Å². The number of thioether (sulfide) groups is 1. The van der Waals surface area contributed by atoms with Crippen molar-refractivity contribution in [1.29, 1.82) is 0 Å². The molecule has 1 N–H and O–H groups in total. The highest BCUT2D eigenvalue weighted by atomic mass is 32.2. The molecule has 112 valence electrons. The standard InChI is InChI=1S/C18H17NO2S/c1-13(20)12-22-18-19-16(14-8-4-2-5-9-14)17(21-18)15-10-6-3-7-11-15/h2-11,18-19H,12H2,1H3. The summed E-state index contributed by atoms with van der Waals surface area (Å²) in [5.74, 6) is 1.40. The first-order chi connectivity index (χ1) is 10.7. The van der Waals surface area contributed by atoms with Gasteiger partial charge in [-0.05, 0) is 6.92 Å². The Morgan fingerprint density at radius 3 is 2.23 bits per heavy atom. The lowest BCUT2D eigenvalue weighted by molar-refractivity contribution is -0.114. The Kier molecular flexibility index (Phi) is 4.49. The zero-order chi connectivity index (χ0) is 15.4. The minimum absolute atomic E-state index is 0.143. The SMILES string of the molecule is CC(=O)CSC1NC(c2ccccc2)=C(c2ccccc2)O1. The maximum Gasteiger partial charge on any atom is 0.219 e. The van der Waals surface area contributed by atoms with Gasteiger partial charge in [0.1, 0.15) is 5.78 Å². The number of rotatable bonds is 5. The summed E-state index contributed by atoms with van der Waals surface area (Å²) in [4.78, 5) is 11.2. The minimum atomic E-state index is -0.241. The lowest BCUT2D eigenvalue weighted by atomic mass is 10.1. The zero-order valence-electron chi connectivity index (χ0n) is 12.3. The average Bonchev–Trinajstić information content (AvgIpc) is 2.99. The first-order valence-corrected chi connectivity index (χ1v) is 8.18. The van der Waals surface area contributed by atoms with E-state index in [0.717, 1.165) is 22.6 Å². The second-order valence-corrected chi connectivity index (χ2v) is 6.09. The van der Waals surface area contributed by atoms with Crippen molar-refractivity contribution in [2.24, 2.45) is 0 Å². The average molecular weight is 311 g/mol. The van der Waals surface area contributed by atoms with Crippen LogP contribution in [-0.4, -0.2) is 17.1 Å². The Hall–Kier alpha value is -2.20. The molecule has 3 nitrogen and oxygen atoms in total. The fraction of sp³-hybridized carbons (Fsp3) is 0.167. The second kappa shape index (κ2) is 6.71. The summed E-state index contributed by atoms with van der Waals surface area (Å²) in [7, 11) is 0. The van der Waals surface area contributed by atoms with Gasteiger partial charge in [0.05, 0.1) is 11.4 Å². The van der Waals surface area contributed by atoms with E-state index in [-0.39, 0.29) is 11.3 Å². The molecule has 0 saturated heterocycles. The van der Waals surface area contributed by atoms with Gasteiger partial charge >= 0.3 is 0 Å². The number of ether oxygens (including phenoxy) is 1. The van der Waals surface area contributed by atoms with Gasteiger partial charge in [-0.1, -0.05) is 72.4 Å². The molecule has 0 bridgehead atoms. The summed E-state index contributed by atoms with van der Waals surface area (Å²) in [6.45, 7) is 1.59. The number of Topliss-reactive ketones (excluding diaryl/α,β-unsaturated/α-hetero) is 1. The van der Waals surface area contributed by atoms with Gasteiger partial charge < -0.3 is 10.1 Å². The van der Waals surface area contributed by atoms with E-state index in [9.17, 15) is 4.79 Å². The van der Waals surface area contributed by atoms with Crippen LogP contribution in [-0.2, 0) is 9.53 Å². The number of carbonyl (C=O) groups excluding carboxylic acids is 1. The molecular formula is C18H17NO2S. The highest BCUT2D eigenvalue weighted by molar-refractivity contribution is 8.00. The Morgan fingerprint density at radius 2 is 1.64 bits per heavy atom. The van der Waals surface area contributed by atoms with Crippen molar-refractivity contribution >= 4 is 29.0 Å². The van der Waals surface area contributed by atoms with E-state index in [1.807, 2.05) is 60.7 Å². The lowest BCUT2D eigenvalue weighted by Crippen LogP contribution is -2.21. The van der Waals surface area contributed by atoms with Crippen molar-refractivity contribution in [3.05, 3.63) is 71.8 Å². The highest BCUT2D eigenvalue weighted by Crippen LogP contribution is 2.35. The smallest absolute Gasteiger partial charge is 0.219 e. The largest absolute Gasteiger partial charge is 0.459 e. The van der Waals surface area contributed by atoms with Gasteiger partial charge in [0.25, 0.3) is 0 Å². The van der Waals surface area contributed by atoms with E-state index in [2.05, 4.69) is 5.32 Å². The molecule has 1 heterocycles. The van der Waals surface area contributed by atoms with E-state index in [1.54, 1.807) is 6.92 Å². The predicted molar refractivity (Wildman–Crippen MR) is 90.8 cm³/mol. The Morgan fingerprint density at radius 1 is 1.05 bits per heavy atom. The van der Waals surface area contributed by atoms with Crippen molar-refractivity contribution in [2.75, 3.05) is 5.75 Å². The monoisotopic (exact) mass is 311 g/mol. The predicted octanol–water partition coefficient (Wildman–Crippen LogP) is 3.74.